The van der Waals surface area contributed by atoms with Crippen LogP contribution in [0.2, 0.25) is 0 Å². The van der Waals surface area contributed by atoms with Crippen LogP contribution in [0.15, 0.2) is 18.5 Å². The number of rotatable bonds is 4. The maximum atomic E-state index is 13.5. The number of methoxy groups -OCH3 is 1. The molecule has 0 fully saturated rings. The molecule has 2 aromatic rings. The van der Waals surface area contributed by atoms with Crippen LogP contribution in [0, 0.1) is 13.8 Å². The summed E-state index contributed by atoms with van der Waals surface area (Å²) in [6.45, 7) is 2.84. The number of carbonyl (C=O) groups is 2. The number of aryl methyl sites for hydroxylation is 2. The lowest BCUT2D eigenvalue weighted by Crippen LogP contribution is -2.27. The molecule has 0 aliphatic rings. The Kier molecular flexibility index (Phi) is 5.33. The van der Waals surface area contributed by atoms with Crippen LogP contribution in [-0.2, 0) is 16.5 Å². The minimum absolute atomic E-state index is 0.0840. The Morgan fingerprint density at radius 3 is 2.19 bits per heavy atom. The monoisotopic (exact) mass is 371 g/mol. The quantitative estimate of drug-likeness (QED) is 0.769. The first kappa shape index (κ1) is 19.4. The fourth-order valence-corrected chi connectivity index (χ4v) is 2.41. The van der Waals surface area contributed by atoms with Crippen LogP contribution >= 0.6 is 0 Å². The van der Waals surface area contributed by atoms with Crippen molar-refractivity contribution in [2.45, 2.75) is 26.1 Å². The van der Waals surface area contributed by atoms with E-state index in [1.807, 2.05) is 0 Å². The highest BCUT2D eigenvalue weighted by Gasteiger charge is 2.47. The van der Waals surface area contributed by atoms with E-state index in [1.54, 1.807) is 0 Å². The molecule has 0 spiro atoms. The molecular weight excluding hydrogens is 355 g/mol. The zero-order chi connectivity index (χ0) is 19.6. The van der Waals surface area contributed by atoms with E-state index in [2.05, 4.69) is 14.8 Å². The molecule has 7 nitrogen and oxygen atoms in total. The molecule has 2 rings (SSSR count). The van der Waals surface area contributed by atoms with Gasteiger partial charge < -0.3 is 9.47 Å². The number of pyridine rings is 1. The summed E-state index contributed by atoms with van der Waals surface area (Å²) in [5.74, 6) is -2.05. The molecular formula is C16H16F3N3O4. The van der Waals surface area contributed by atoms with E-state index in [0.717, 1.165) is 25.6 Å². The number of carbonyl (C=O) groups excluding carboxylic acids is 2. The van der Waals surface area contributed by atoms with E-state index in [0.29, 0.717) is 0 Å². The number of esters is 2. The average Bonchev–Trinajstić information content (AvgIpc) is 2.83. The van der Waals surface area contributed by atoms with Gasteiger partial charge >= 0.3 is 18.1 Å². The highest BCUT2D eigenvalue weighted by atomic mass is 19.4. The van der Waals surface area contributed by atoms with E-state index in [4.69, 9.17) is 4.74 Å². The Bertz CT molecular complexity index is 846. The smallest absolute Gasteiger partial charge is 0.430 e. The van der Waals surface area contributed by atoms with Crippen molar-refractivity contribution >= 4 is 11.9 Å². The van der Waals surface area contributed by atoms with Crippen molar-refractivity contribution in [1.29, 1.82) is 0 Å². The molecule has 0 amide bonds. The summed E-state index contributed by atoms with van der Waals surface area (Å²) in [4.78, 5) is 27.4. The van der Waals surface area contributed by atoms with Gasteiger partial charge in [-0.2, -0.15) is 18.3 Å². The van der Waals surface area contributed by atoms with Gasteiger partial charge in [0.25, 0.3) is 0 Å². The zero-order valence-electron chi connectivity index (χ0n) is 14.4. The van der Waals surface area contributed by atoms with Crippen LogP contribution in [0.5, 0.6) is 0 Å². The Balaban J connectivity index is 2.38. The zero-order valence-corrected chi connectivity index (χ0v) is 14.4. The van der Waals surface area contributed by atoms with Gasteiger partial charge in [0, 0.05) is 30.7 Å². The van der Waals surface area contributed by atoms with Gasteiger partial charge in [-0.05, 0) is 19.9 Å². The summed E-state index contributed by atoms with van der Waals surface area (Å²) in [6.07, 6.45) is -5.21. The normalized spacial score (nSPS) is 12.6. The first-order chi connectivity index (χ1) is 12.1. The standard InChI is InChI=1S/C16H16F3N3O4/c1-8-12(9(2)22(3)21-8)13(16(17,18)19)26-15(24)11-5-10(6-20-7-11)14(23)25-4/h5-7,13H,1-4H3/t13-/m0/s1. The molecule has 1 atom stereocenters. The second kappa shape index (κ2) is 7.14. The van der Waals surface area contributed by atoms with Crippen molar-refractivity contribution in [3.05, 3.63) is 46.5 Å². The lowest BCUT2D eigenvalue weighted by molar-refractivity contribution is -0.207. The van der Waals surface area contributed by atoms with Gasteiger partial charge in [-0.15, -0.1) is 0 Å². The predicted molar refractivity (Wildman–Crippen MR) is 82.5 cm³/mol. The first-order valence-electron chi connectivity index (χ1n) is 7.37. The van der Waals surface area contributed by atoms with E-state index >= 15 is 0 Å². The molecule has 140 valence electrons. The number of hydrogen-bond donors (Lipinski definition) is 0. The second-order valence-corrected chi connectivity index (χ2v) is 5.49. The van der Waals surface area contributed by atoms with Crippen LogP contribution in [0.3, 0.4) is 0 Å². The Morgan fingerprint density at radius 1 is 1.15 bits per heavy atom. The maximum absolute atomic E-state index is 13.5. The second-order valence-electron chi connectivity index (χ2n) is 5.49. The van der Waals surface area contributed by atoms with Crippen LogP contribution in [0.1, 0.15) is 43.8 Å². The van der Waals surface area contributed by atoms with E-state index < -0.39 is 24.2 Å². The third-order valence-electron chi connectivity index (χ3n) is 3.74. The molecule has 0 aliphatic heterocycles. The number of ether oxygens (including phenoxy) is 2. The molecule has 26 heavy (non-hydrogen) atoms. The molecule has 2 heterocycles. The minimum Gasteiger partial charge on any atom is -0.465 e. The van der Waals surface area contributed by atoms with Crippen LogP contribution in [0.4, 0.5) is 13.2 Å². The average molecular weight is 371 g/mol. The maximum Gasteiger partial charge on any atom is 0.430 e. The molecule has 0 radical (unpaired) electrons. The summed E-state index contributed by atoms with van der Waals surface area (Å²) in [5.41, 5.74) is -0.299. The Morgan fingerprint density at radius 2 is 1.73 bits per heavy atom. The van der Waals surface area contributed by atoms with Gasteiger partial charge in [-0.25, -0.2) is 9.59 Å². The highest BCUT2D eigenvalue weighted by molar-refractivity contribution is 5.94. The lowest BCUT2D eigenvalue weighted by Gasteiger charge is -2.21. The molecule has 0 aliphatic carbocycles. The van der Waals surface area contributed by atoms with Crippen molar-refractivity contribution in [2.75, 3.05) is 7.11 Å². The van der Waals surface area contributed by atoms with Crippen molar-refractivity contribution in [2.24, 2.45) is 7.05 Å². The fourth-order valence-electron chi connectivity index (χ4n) is 2.41. The third kappa shape index (κ3) is 3.84. The largest absolute Gasteiger partial charge is 0.465 e. The Hall–Kier alpha value is -2.91. The Labute approximate surface area is 146 Å². The molecule has 2 aromatic heterocycles. The first-order valence-corrected chi connectivity index (χ1v) is 7.37. The number of aromatic nitrogens is 3. The summed E-state index contributed by atoms with van der Waals surface area (Å²) in [5, 5.41) is 3.93. The van der Waals surface area contributed by atoms with Crippen LogP contribution in [-0.4, -0.2) is 40.0 Å². The van der Waals surface area contributed by atoms with Crippen LogP contribution in [0.25, 0.3) is 0 Å². The molecule has 0 unspecified atom stereocenters. The lowest BCUT2D eigenvalue weighted by atomic mass is 10.1. The summed E-state index contributed by atoms with van der Waals surface area (Å²) < 4.78 is 51.0. The molecule has 0 saturated heterocycles. The van der Waals surface area contributed by atoms with Gasteiger partial charge in [0.15, 0.2) is 0 Å². The van der Waals surface area contributed by atoms with E-state index in [1.165, 1.54) is 25.6 Å². The molecule has 0 N–H and O–H groups in total. The number of hydrogen-bond acceptors (Lipinski definition) is 6. The third-order valence-corrected chi connectivity index (χ3v) is 3.74. The highest BCUT2D eigenvalue weighted by Crippen LogP contribution is 2.39. The summed E-state index contributed by atoms with van der Waals surface area (Å²) in [7, 11) is 2.62. The van der Waals surface area contributed by atoms with Crippen molar-refractivity contribution in [3.63, 3.8) is 0 Å². The van der Waals surface area contributed by atoms with Gasteiger partial charge in [0.1, 0.15) is 0 Å². The van der Waals surface area contributed by atoms with E-state index in [9.17, 15) is 22.8 Å². The fraction of sp³-hybridized carbons (Fsp3) is 0.375. The van der Waals surface area contributed by atoms with Gasteiger partial charge in [-0.3, -0.25) is 9.67 Å². The molecule has 10 heteroatoms. The number of nitrogens with zero attached hydrogens (tertiary/aromatic N) is 3. The van der Waals surface area contributed by atoms with E-state index in [-0.39, 0.29) is 28.1 Å². The molecule has 0 bridgehead atoms. The predicted octanol–water partition coefficient (Wildman–Crippen LogP) is 2.68. The van der Waals surface area contributed by atoms with Crippen LogP contribution < -0.4 is 0 Å². The van der Waals surface area contributed by atoms with Crippen molar-refractivity contribution in [1.82, 2.24) is 14.8 Å². The summed E-state index contributed by atoms with van der Waals surface area (Å²) in [6, 6.07) is 1.05. The topological polar surface area (TPSA) is 83.3 Å². The van der Waals surface area contributed by atoms with Gasteiger partial charge in [-0.1, -0.05) is 0 Å². The number of alkyl halides is 3. The SMILES string of the molecule is COC(=O)c1cncc(C(=O)O[C@@H](c2c(C)nn(C)c2C)C(F)(F)F)c1. The van der Waals surface area contributed by atoms with Gasteiger partial charge in [0.05, 0.1) is 23.9 Å². The van der Waals surface area contributed by atoms with Gasteiger partial charge in [0.2, 0.25) is 6.10 Å². The van der Waals surface area contributed by atoms with Crippen molar-refractivity contribution in [3.8, 4) is 0 Å². The molecule has 0 saturated carbocycles. The van der Waals surface area contributed by atoms with Crippen molar-refractivity contribution < 1.29 is 32.2 Å². The number of halogens is 3. The minimum atomic E-state index is -4.85. The molecule has 0 aromatic carbocycles. The summed E-state index contributed by atoms with van der Waals surface area (Å²) >= 11 is 0.